The molecule has 2 aromatic carbocycles. The van der Waals surface area contributed by atoms with E-state index >= 15 is 0 Å². The predicted octanol–water partition coefficient (Wildman–Crippen LogP) is 2.21. The van der Waals surface area contributed by atoms with Crippen LogP contribution in [0.4, 0.5) is 4.79 Å². The van der Waals surface area contributed by atoms with E-state index in [9.17, 15) is 19.2 Å². The van der Waals surface area contributed by atoms with Crippen molar-refractivity contribution in [1.82, 2.24) is 9.80 Å². The summed E-state index contributed by atoms with van der Waals surface area (Å²) in [6.07, 6.45) is 0. The number of nitrogens with zero attached hydrogens (tertiary/aromatic N) is 2. The standard InChI is InChI=1S/C19H16N2O4/c1-19(14-11-7-4-8-12-14)16(23)20(2)18(25)21(17(19)24)15(22)13-9-5-3-6-10-13/h3-12H,1-2H3. The van der Waals surface area contributed by atoms with Gasteiger partial charge in [-0.25, -0.2) is 4.79 Å². The first-order valence-electron chi connectivity index (χ1n) is 7.70. The minimum Gasteiger partial charge on any atom is -0.273 e. The molecule has 2 aromatic rings. The molecule has 0 aliphatic carbocycles. The molecule has 1 heterocycles. The van der Waals surface area contributed by atoms with Crippen molar-refractivity contribution in [2.45, 2.75) is 12.3 Å². The van der Waals surface area contributed by atoms with Gasteiger partial charge in [0.2, 0.25) is 5.91 Å². The van der Waals surface area contributed by atoms with Gasteiger partial charge < -0.3 is 0 Å². The quantitative estimate of drug-likeness (QED) is 0.622. The van der Waals surface area contributed by atoms with E-state index in [-0.39, 0.29) is 5.56 Å². The highest BCUT2D eigenvalue weighted by Gasteiger charge is 2.56. The Balaban J connectivity index is 2.11. The van der Waals surface area contributed by atoms with Crippen LogP contribution in [0.5, 0.6) is 0 Å². The molecule has 6 nitrogen and oxygen atoms in total. The second-order valence-corrected chi connectivity index (χ2v) is 5.95. The first kappa shape index (κ1) is 16.6. The lowest BCUT2D eigenvalue weighted by Crippen LogP contribution is -2.66. The Labute approximate surface area is 144 Å². The van der Waals surface area contributed by atoms with Gasteiger partial charge in [-0.1, -0.05) is 48.5 Å². The van der Waals surface area contributed by atoms with E-state index in [2.05, 4.69) is 0 Å². The Bertz CT molecular complexity index is 864. The molecule has 0 aromatic heterocycles. The van der Waals surface area contributed by atoms with Crippen molar-refractivity contribution in [2.24, 2.45) is 0 Å². The second kappa shape index (κ2) is 5.98. The number of carbonyl (C=O) groups excluding carboxylic acids is 4. The molecule has 1 unspecified atom stereocenters. The van der Waals surface area contributed by atoms with Crippen molar-refractivity contribution in [1.29, 1.82) is 0 Å². The molecule has 0 radical (unpaired) electrons. The molecule has 5 amide bonds. The molecule has 1 aliphatic heterocycles. The fourth-order valence-corrected chi connectivity index (χ4v) is 2.88. The van der Waals surface area contributed by atoms with Crippen LogP contribution in [0.25, 0.3) is 0 Å². The number of amides is 5. The molecular formula is C19H16N2O4. The molecular weight excluding hydrogens is 320 g/mol. The average molecular weight is 336 g/mol. The normalized spacial score (nSPS) is 20.8. The van der Waals surface area contributed by atoms with Crippen LogP contribution >= 0.6 is 0 Å². The van der Waals surface area contributed by atoms with Gasteiger partial charge in [0.15, 0.2) is 5.41 Å². The number of imide groups is 4. The summed E-state index contributed by atoms with van der Waals surface area (Å²) in [5, 5.41) is 0. The smallest absolute Gasteiger partial charge is 0.273 e. The summed E-state index contributed by atoms with van der Waals surface area (Å²) in [5.41, 5.74) is -1.02. The summed E-state index contributed by atoms with van der Waals surface area (Å²) in [4.78, 5) is 52.4. The SMILES string of the molecule is CN1C(=O)N(C(=O)c2ccccc2)C(=O)C(C)(c2ccccc2)C1=O. The van der Waals surface area contributed by atoms with Crippen molar-refractivity contribution in [3.05, 3.63) is 71.8 Å². The average Bonchev–Trinajstić information content (AvgIpc) is 2.66. The topological polar surface area (TPSA) is 74.8 Å². The lowest BCUT2D eigenvalue weighted by molar-refractivity contribution is -0.148. The molecule has 1 aliphatic rings. The maximum Gasteiger partial charge on any atom is 0.340 e. The van der Waals surface area contributed by atoms with Crippen LogP contribution < -0.4 is 0 Å². The summed E-state index contributed by atoms with van der Waals surface area (Å²) in [6, 6.07) is 15.5. The van der Waals surface area contributed by atoms with E-state index in [4.69, 9.17) is 0 Å². The van der Waals surface area contributed by atoms with Crippen molar-refractivity contribution < 1.29 is 19.2 Å². The predicted molar refractivity (Wildman–Crippen MR) is 89.6 cm³/mol. The van der Waals surface area contributed by atoms with E-state index in [0.717, 1.165) is 4.90 Å². The van der Waals surface area contributed by atoms with Gasteiger partial charge in [0.25, 0.3) is 11.8 Å². The summed E-state index contributed by atoms with van der Waals surface area (Å²) < 4.78 is 0. The van der Waals surface area contributed by atoms with Gasteiger partial charge in [-0.3, -0.25) is 19.3 Å². The monoisotopic (exact) mass is 336 g/mol. The van der Waals surface area contributed by atoms with E-state index in [0.29, 0.717) is 10.5 Å². The molecule has 0 saturated carbocycles. The zero-order valence-corrected chi connectivity index (χ0v) is 13.8. The molecule has 0 spiro atoms. The first-order chi connectivity index (χ1) is 11.9. The van der Waals surface area contributed by atoms with Crippen molar-refractivity contribution in [2.75, 3.05) is 7.05 Å². The van der Waals surface area contributed by atoms with Gasteiger partial charge in [-0.15, -0.1) is 0 Å². The number of hydrogen-bond donors (Lipinski definition) is 0. The van der Waals surface area contributed by atoms with Crippen LogP contribution in [0.2, 0.25) is 0 Å². The van der Waals surface area contributed by atoms with Crippen LogP contribution in [-0.4, -0.2) is 40.6 Å². The third kappa shape index (κ3) is 2.42. The number of likely N-dealkylation sites (N-methyl/N-ethyl adjacent to an activating group) is 1. The van der Waals surface area contributed by atoms with Crippen LogP contribution in [0, 0.1) is 0 Å². The second-order valence-electron chi connectivity index (χ2n) is 5.95. The van der Waals surface area contributed by atoms with Crippen molar-refractivity contribution >= 4 is 23.8 Å². The summed E-state index contributed by atoms with van der Waals surface area (Å²) >= 11 is 0. The molecule has 1 saturated heterocycles. The fourth-order valence-electron chi connectivity index (χ4n) is 2.88. The van der Waals surface area contributed by atoms with Gasteiger partial charge in [-0.2, -0.15) is 4.90 Å². The van der Waals surface area contributed by atoms with Crippen LogP contribution in [0.1, 0.15) is 22.8 Å². The van der Waals surface area contributed by atoms with Crippen LogP contribution in [0.3, 0.4) is 0 Å². The zero-order valence-electron chi connectivity index (χ0n) is 13.8. The number of rotatable bonds is 2. The molecule has 6 heteroatoms. The first-order valence-corrected chi connectivity index (χ1v) is 7.70. The maximum absolute atomic E-state index is 13.1. The summed E-state index contributed by atoms with van der Waals surface area (Å²) in [5.74, 6) is -2.26. The molecule has 25 heavy (non-hydrogen) atoms. The number of urea groups is 1. The molecule has 0 bridgehead atoms. The minimum atomic E-state index is -1.64. The maximum atomic E-state index is 13.1. The van der Waals surface area contributed by atoms with Gasteiger partial charge in [0.05, 0.1) is 0 Å². The van der Waals surface area contributed by atoms with Crippen LogP contribution in [-0.2, 0) is 15.0 Å². The molecule has 1 fully saturated rings. The van der Waals surface area contributed by atoms with Gasteiger partial charge in [-0.05, 0) is 24.6 Å². The summed E-state index contributed by atoms with van der Waals surface area (Å²) in [6.45, 7) is 1.43. The molecule has 126 valence electrons. The highest BCUT2D eigenvalue weighted by molar-refractivity contribution is 6.29. The fraction of sp³-hybridized carbons (Fsp3) is 0.158. The molecule has 0 N–H and O–H groups in total. The molecule has 1 atom stereocenters. The lowest BCUT2D eigenvalue weighted by Gasteiger charge is -2.40. The Kier molecular flexibility index (Phi) is 3.96. The Morgan fingerprint density at radius 2 is 1.36 bits per heavy atom. The van der Waals surface area contributed by atoms with Crippen molar-refractivity contribution in [3.8, 4) is 0 Å². The van der Waals surface area contributed by atoms with Crippen molar-refractivity contribution in [3.63, 3.8) is 0 Å². The van der Waals surface area contributed by atoms with E-state index in [1.54, 1.807) is 48.5 Å². The minimum absolute atomic E-state index is 0.197. The highest BCUT2D eigenvalue weighted by atomic mass is 16.2. The Morgan fingerprint density at radius 3 is 1.92 bits per heavy atom. The Morgan fingerprint density at radius 1 is 0.840 bits per heavy atom. The van der Waals surface area contributed by atoms with Crippen LogP contribution in [0.15, 0.2) is 60.7 Å². The molecule has 3 rings (SSSR count). The zero-order chi connectivity index (χ0) is 18.2. The van der Waals surface area contributed by atoms with Gasteiger partial charge in [0, 0.05) is 12.6 Å². The van der Waals surface area contributed by atoms with Gasteiger partial charge >= 0.3 is 6.03 Å². The number of hydrogen-bond acceptors (Lipinski definition) is 4. The van der Waals surface area contributed by atoms with E-state index in [1.165, 1.54) is 26.1 Å². The largest absolute Gasteiger partial charge is 0.340 e. The van der Waals surface area contributed by atoms with Gasteiger partial charge in [0.1, 0.15) is 0 Å². The number of carbonyl (C=O) groups is 4. The third-order valence-corrected chi connectivity index (χ3v) is 4.42. The highest BCUT2D eigenvalue weighted by Crippen LogP contribution is 2.33. The summed E-state index contributed by atoms with van der Waals surface area (Å²) in [7, 11) is 1.27. The lowest BCUT2D eigenvalue weighted by atomic mass is 9.78. The Hall–Kier alpha value is -3.28. The number of barbiturate groups is 1. The third-order valence-electron chi connectivity index (χ3n) is 4.42. The van der Waals surface area contributed by atoms with E-state index in [1.807, 2.05) is 0 Å². The number of benzene rings is 2. The van der Waals surface area contributed by atoms with E-state index < -0.39 is 29.2 Å².